The van der Waals surface area contributed by atoms with Crippen molar-refractivity contribution in [2.24, 2.45) is 11.7 Å². The molecule has 0 radical (unpaired) electrons. The number of carbonyl (C=O) groups excluding carboxylic acids is 2. The SMILES string of the molecule is CC/C(N)=C/C(C(=O)OC)C(=O)OC. The topological polar surface area (TPSA) is 78.6 Å². The van der Waals surface area contributed by atoms with Gasteiger partial charge in [0.05, 0.1) is 14.2 Å². The largest absolute Gasteiger partial charge is 0.468 e. The molecule has 0 aromatic heterocycles. The average Bonchev–Trinajstić information content (AvgIpc) is 2.23. The molecule has 0 aliphatic heterocycles. The monoisotopic (exact) mass is 201 g/mol. The van der Waals surface area contributed by atoms with Crippen LogP contribution in [0.2, 0.25) is 0 Å². The molecule has 0 heterocycles. The third kappa shape index (κ3) is 3.47. The number of carbonyl (C=O) groups is 2. The zero-order valence-electron chi connectivity index (χ0n) is 8.57. The normalized spacial score (nSPS) is 11.3. The molecule has 5 nitrogen and oxygen atoms in total. The minimum Gasteiger partial charge on any atom is -0.468 e. The van der Waals surface area contributed by atoms with Gasteiger partial charge in [0.15, 0.2) is 5.92 Å². The first-order chi connectivity index (χ1) is 6.56. The zero-order valence-corrected chi connectivity index (χ0v) is 8.57. The van der Waals surface area contributed by atoms with Crippen LogP contribution in [0.15, 0.2) is 11.8 Å². The van der Waals surface area contributed by atoms with E-state index in [0.717, 1.165) is 0 Å². The molecule has 0 aliphatic carbocycles. The third-order valence-corrected chi connectivity index (χ3v) is 1.70. The number of hydrogen-bond donors (Lipinski definition) is 1. The van der Waals surface area contributed by atoms with E-state index in [9.17, 15) is 9.59 Å². The molecule has 0 aromatic rings. The highest BCUT2D eigenvalue weighted by Crippen LogP contribution is 2.07. The van der Waals surface area contributed by atoms with Crippen LogP contribution < -0.4 is 5.73 Å². The van der Waals surface area contributed by atoms with E-state index < -0.39 is 17.9 Å². The van der Waals surface area contributed by atoms with Crippen LogP contribution in [0.4, 0.5) is 0 Å². The summed E-state index contributed by atoms with van der Waals surface area (Å²) in [6.07, 6.45) is 1.90. The maximum Gasteiger partial charge on any atom is 0.324 e. The predicted molar refractivity (Wildman–Crippen MR) is 50.1 cm³/mol. The summed E-state index contributed by atoms with van der Waals surface area (Å²) in [5.74, 6) is -2.41. The second-order valence-corrected chi connectivity index (χ2v) is 2.62. The molecule has 0 spiro atoms. The molecular weight excluding hydrogens is 186 g/mol. The number of ether oxygens (including phenoxy) is 2. The number of esters is 2. The van der Waals surface area contributed by atoms with Gasteiger partial charge in [-0.2, -0.15) is 0 Å². The summed E-state index contributed by atoms with van der Waals surface area (Å²) in [6, 6.07) is 0. The standard InChI is InChI=1S/C9H15NO4/c1-4-6(10)5-7(8(11)13-2)9(12)14-3/h5,7H,4,10H2,1-3H3/b6-5-. The van der Waals surface area contributed by atoms with Crippen molar-refractivity contribution in [3.63, 3.8) is 0 Å². The van der Waals surface area contributed by atoms with E-state index in [2.05, 4.69) is 9.47 Å². The molecule has 0 unspecified atom stereocenters. The summed E-state index contributed by atoms with van der Waals surface area (Å²) in [5, 5.41) is 0. The number of allylic oxidation sites excluding steroid dienone is 1. The molecule has 0 saturated heterocycles. The molecule has 2 N–H and O–H groups in total. The molecule has 0 amide bonds. The van der Waals surface area contributed by atoms with E-state index in [1.165, 1.54) is 20.3 Å². The van der Waals surface area contributed by atoms with Crippen molar-refractivity contribution < 1.29 is 19.1 Å². The number of methoxy groups -OCH3 is 2. The van der Waals surface area contributed by atoms with Crippen LogP contribution in [0.5, 0.6) is 0 Å². The fourth-order valence-corrected chi connectivity index (χ4v) is 0.818. The van der Waals surface area contributed by atoms with Crippen LogP contribution in [-0.4, -0.2) is 26.2 Å². The van der Waals surface area contributed by atoms with Crippen molar-refractivity contribution in [2.75, 3.05) is 14.2 Å². The summed E-state index contributed by atoms with van der Waals surface area (Å²) in [4.78, 5) is 22.3. The highest BCUT2D eigenvalue weighted by molar-refractivity contribution is 5.96. The third-order valence-electron chi connectivity index (χ3n) is 1.70. The van der Waals surface area contributed by atoms with Gasteiger partial charge in [-0.25, -0.2) is 0 Å². The van der Waals surface area contributed by atoms with Gasteiger partial charge in [-0.3, -0.25) is 9.59 Å². The lowest BCUT2D eigenvalue weighted by Crippen LogP contribution is -2.25. The van der Waals surface area contributed by atoms with Crippen molar-refractivity contribution in [1.29, 1.82) is 0 Å². The van der Waals surface area contributed by atoms with Crippen molar-refractivity contribution in [3.05, 3.63) is 11.8 Å². The lowest BCUT2D eigenvalue weighted by molar-refractivity contribution is -0.156. The number of nitrogens with two attached hydrogens (primary N) is 1. The number of hydrogen-bond acceptors (Lipinski definition) is 5. The summed E-state index contributed by atoms with van der Waals surface area (Å²) < 4.78 is 8.88. The highest BCUT2D eigenvalue weighted by atomic mass is 16.5. The van der Waals surface area contributed by atoms with Crippen LogP contribution >= 0.6 is 0 Å². The quantitative estimate of drug-likeness (QED) is 0.519. The van der Waals surface area contributed by atoms with Crippen molar-refractivity contribution in [1.82, 2.24) is 0 Å². The Kier molecular flexibility index (Phi) is 5.36. The Morgan fingerprint density at radius 3 is 2.00 bits per heavy atom. The zero-order chi connectivity index (χ0) is 11.1. The van der Waals surface area contributed by atoms with E-state index in [4.69, 9.17) is 5.73 Å². The minimum absolute atomic E-state index is 0.450. The fourth-order valence-electron chi connectivity index (χ4n) is 0.818. The van der Waals surface area contributed by atoms with E-state index in [1.54, 1.807) is 0 Å². The van der Waals surface area contributed by atoms with Crippen LogP contribution in [0.3, 0.4) is 0 Å². The summed E-state index contributed by atoms with van der Waals surface area (Å²) in [6.45, 7) is 1.82. The van der Waals surface area contributed by atoms with Gasteiger partial charge in [-0.05, 0) is 12.5 Å². The Balaban J connectivity index is 4.73. The van der Waals surface area contributed by atoms with Crippen molar-refractivity contribution >= 4 is 11.9 Å². The molecule has 14 heavy (non-hydrogen) atoms. The van der Waals surface area contributed by atoms with E-state index in [-0.39, 0.29) is 0 Å². The van der Waals surface area contributed by atoms with Crippen molar-refractivity contribution in [2.45, 2.75) is 13.3 Å². The number of rotatable bonds is 4. The molecule has 0 saturated carbocycles. The van der Waals surface area contributed by atoms with Crippen molar-refractivity contribution in [3.8, 4) is 0 Å². The molecule has 0 rings (SSSR count). The molecular formula is C9H15NO4. The molecule has 5 heteroatoms. The predicted octanol–water partition coefficient (Wildman–Crippen LogP) is 0.201. The first-order valence-corrected chi connectivity index (χ1v) is 4.18. The Morgan fingerprint density at radius 2 is 1.71 bits per heavy atom. The van der Waals surface area contributed by atoms with E-state index in [0.29, 0.717) is 12.1 Å². The Morgan fingerprint density at radius 1 is 1.29 bits per heavy atom. The van der Waals surface area contributed by atoms with Gasteiger partial charge in [0.1, 0.15) is 0 Å². The maximum absolute atomic E-state index is 11.1. The van der Waals surface area contributed by atoms with Crippen LogP contribution in [0.1, 0.15) is 13.3 Å². The van der Waals surface area contributed by atoms with Crippen LogP contribution in [0.25, 0.3) is 0 Å². The molecule has 0 aromatic carbocycles. The summed E-state index contributed by atoms with van der Waals surface area (Å²) in [5.41, 5.74) is 5.95. The van der Waals surface area contributed by atoms with Gasteiger partial charge in [0, 0.05) is 5.70 Å². The Bertz CT molecular complexity index is 231. The summed E-state index contributed by atoms with van der Waals surface area (Å²) in [7, 11) is 2.41. The lowest BCUT2D eigenvalue weighted by Gasteiger charge is -2.08. The molecule has 0 bridgehead atoms. The highest BCUT2D eigenvalue weighted by Gasteiger charge is 2.26. The minimum atomic E-state index is -1.06. The lowest BCUT2D eigenvalue weighted by atomic mass is 10.1. The second-order valence-electron chi connectivity index (χ2n) is 2.62. The first kappa shape index (κ1) is 12.5. The van der Waals surface area contributed by atoms with Gasteiger partial charge in [-0.15, -0.1) is 0 Å². The average molecular weight is 201 g/mol. The smallest absolute Gasteiger partial charge is 0.324 e. The van der Waals surface area contributed by atoms with Gasteiger partial charge < -0.3 is 15.2 Å². The summed E-state index contributed by atoms with van der Waals surface area (Å²) >= 11 is 0. The second kappa shape index (κ2) is 6.01. The molecule has 0 aliphatic rings. The van der Waals surface area contributed by atoms with Gasteiger partial charge in [0.2, 0.25) is 0 Å². The van der Waals surface area contributed by atoms with Crippen LogP contribution in [0, 0.1) is 5.92 Å². The maximum atomic E-state index is 11.1. The van der Waals surface area contributed by atoms with Gasteiger partial charge in [-0.1, -0.05) is 6.92 Å². The van der Waals surface area contributed by atoms with E-state index in [1.807, 2.05) is 6.92 Å². The van der Waals surface area contributed by atoms with Gasteiger partial charge >= 0.3 is 11.9 Å². The molecule has 0 fully saturated rings. The van der Waals surface area contributed by atoms with Gasteiger partial charge in [0.25, 0.3) is 0 Å². The molecule has 80 valence electrons. The first-order valence-electron chi connectivity index (χ1n) is 4.18. The Labute approximate surface area is 82.9 Å². The van der Waals surface area contributed by atoms with Crippen LogP contribution in [-0.2, 0) is 19.1 Å². The van der Waals surface area contributed by atoms with E-state index >= 15 is 0 Å². The fraction of sp³-hybridized carbons (Fsp3) is 0.556. The Hall–Kier alpha value is -1.52. The molecule has 0 atom stereocenters.